The summed E-state index contributed by atoms with van der Waals surface area (Å²) in [4.78, 5) is 11.2. The van der Waals surface area contributed by atoms with Crippen molar-refractivity contribution in [3.05, 3.63) is 0 Å². The fraction of sp³-hybridized carbons (Fsp3) is 0.909. The SMILES string of the molecule is CCCC(C)NC1COCC1(C)C(=O)O. The van der Waals surface area contributed by atoms with Gasteiger partial charge in [0.2, 0.25) is 0 Å². The van der Waals surface area contributed by atoms with Crippen LogP contribution in [0.5, 0.6) is 0 Å². The lowest BCUT2D eigenvalue weighted by Crippen LogP contribution is -2.50. The molecule has 0 aromatic carbocycles. The summed E-state index contributed by atoms with van der Waals surface area (Å²) in [6, 6.07) is 0.275. The van der Waals surface area contributed by atoms with Crippen LogP contribution in [0.4, 0.5) is 0 Å². The van der Waals surface area contributed by atoms with Crippen molar-refractivity contribution in [3.63, 3.8) is 0 Å². The molecule has 1 saturated heterocycles. The van der Waals surface area contributed by atoms with Crippen molar-refractivity contribution in [1.82, 2.24) is 5.32 Å². The lowest BCUT2D eigenvalue weighted by molar-refractivity contribution is -0.148. The number of rotatable bonds is 5. The van der Waals surface area contributed by atoms with E-state index in [2.05, 4.69) is 19.2 Å². The first-order valence-electron chi connectivity index (χ1n) is 5.58. The quantitative estimate of drug-likeness (QED) is 0.724. The van der Waals surface area contributed by atoms with E-state index >= 15 is 0 Å². The summed E-state index contributed by atoms with van der Waals surface area (Å²) < 4.78 is 5.27. The molecule has 4 heteroatoms. The van der Waals surface area contributed by atoms with Crippen molar-refractivity contribution < 1.29 is 14.6 Å². The van der Waals surface area contributed by atoms with Crippen LogP contribution >= 0.6 is 0 Å². The van der Waals surface area contributed by atoms with Crippen LogP contribution < -0.4 is 5.32 Å². The van der Waals surface area contributed by atoms with Crippen LogP contribution in [0.15, 0.2) is 0 Å². The first-order valence-corrected chi connectivity index (χ1v) is 5.58. The van der Waals surface area contributed by atoms with Crippen molar-refractivity contribution in [3.8, 4) is 0 Å². The summed E-state index contributed by atoms with van der Waals surface area (Å²) in [5.41, 5.74) is -0.776. The van der Waals surface area contributed by atoms with Crippen LogP contribution in [0.3, 0.4) is 0 Å². The molecule has 3 unspecified atom stereocenters. The number of hydrogen-bond donors (Lipinski definition) is 2. The highest BCUT2D eigenvalue weighted by atomic mass is 16.5. The van der Waals surface area contributed by atoms with Crippen LogP contribution in [-0.2, 0) is 9.53 Å². The van der Waals surface area contributed by atoms with Gasteiger partial charge in [0.15, 0.2) is 0 Å². The zero-order valence-electron chi connectivity index (χ0n) is 9.75. The minimum Gasteiger partial charge on any atom is -0.481 e. The monoisotopic (exact) mass is 215 g/mol. The van der Waals surface area contributed by atoms with Gasteiger partial charge in [0.1, 0.15) is 5.41 Å². The third-order valence-corrected chi connectivity index (χ3v) is 3.15. The van der Waals surface area contributed by atoms with Crippen molar-refractivity contribution >= 4 is 5.97 Å². The molecule has 0 aliphatic carbocycles. The van der Waals surface area contributed by atoms with E-state index in [1.165, 1.54) is 0 Å². The lowest BCUT2D eigenvalue weighted by Gasteiger charge is -2.28. The Morgan fingerprint density at radius 2 is 2.40 bits per heavy atom. The van der Waals surface area contributed by atoms with Crippen molar-refractivity contribution in [2.45, 2.75) is 45.7 Å². The molecule has 2 N–H and O–H groups in total. The third-order valence-electron chi connectivity index (χ3n) is 3.15. The van der Waals surface area contributed by atoms with Gasteiger partial charge in [0, 0.05) is 12.1 Å². The largest absolute Gasteiger partial charge is 0.481 e. The molecule has 0 spiro atoms. The van der Waals surface area contributed by atoms with E-state index in [0.717, 1.165) is 12.8 Å². The molecule has 88 valence electrons. The molecule has 1 heterocycles. The minimum absolute atomic E-state index is 0.0726. The average molecular weight is 215 g/mol. The van der Waals surface area contributed by atoms with E-state index in [4.69, 9.17) is 9.84 Å². The maximum absolute atomic E-state index is 11.2. The van der Waals surface area contributed by atoms with Crippen molar-refractivity contribution in [2.24, 2.45) is 5.41 Å². The predicted molar refractivity (Wildman–Crippen MR) is 57.9 cm³/mol. The van der Waals surface area contributed by atoms with Crippen LogP contribution in [0.25, 0.3) is 0 Å². The van der Waals surface area contributed by atoms with Gasteiger partial charge in [0.05, 0.1) is 13.2 Å². The molecule has 1 aliphatic heterocycles. The number of nitrogens with one attached hydrogen (secondary N) is 1. The van der Waals surface area contributed by atoms with Gasteiger partial charge in [-0.05, 0) is 20.3 Å². The zero-order chi connectivity index (χ0) is 11.5. The Labute approximate surface area is 91.0 Å². The van der Waals surface area contributed by atoms with E-state index < -0.39 is 11.4 Å². The summed E-state index contributed by atoms with van der Waals surface area (Å²) in [6.07, 6.45) is 2.16. The molecule has 0 aromatic heterocycles. The molecule has 1 fully saturated rings. The first kappa shape index (κ1) is 12.5. The zero-order valence-corrected chi connectivity index (χ0v) is 9.75. The normalized spacial score (nSPS) is 32.9. The van der Waals surface area contributed by atoms with Gasteiger partial charge in [-0.15, -0.1) is 0 Å². The molecule has 0 aromatic rings. The minimum atomic E-state index is -0.777. The number of carbonyl (C=O) groups is 1. The van der Waals surface area contributed by atoms with Crippen LogP contribution in [0.2, 0.25) is 0 Å². The second-order valence-corrected chi connectivity index (χ2v) is 4.65. The molecule has 15 heavy (non-hydrogen) atoms. The molecule has 0 amide bonds. The highest BCUT2D eigenvalue weighted by Gasteiger charge is 2.46. The number of carboxylic acid groups (broad SMARTS) is 1. The van der Waals surface area contributed by atoms with Gasteiger partial charge < -0.3 is 15.2 Å². The maximum atomic E-state index is 11.2. The number of hydrogen-bond acceptors (Lipinski definition) is 3. The molecule has 4 nitrogen and oxygen atoms in total. The van der Waals surface area contributed by atoms with Gasteiger partial charge in [-0.1, -0.05) is 13.3 Å². The second kappa shape index (κ2) is 4.94. The molecule has 1 aliphatic rings. The highest BCUT2D eigenvalue weighted by molar-refractivity contribution is 5.75. The summed E-state index contributed by atoms with van der Waals surface area (Å²) in [5.74, 6) is -0.777. The Morgan fingerprint density at radius 3 is 2.93 bits per heavy atom. The van der Waals surface area contributed by atoms with Gasteiger partial charge >= 0.3 is 5.97 Å². The van der Waals surface area contributed by atoms with Crippen LogP contribution in [-0.4, -0.2) is 36.4 Å². The van der Waals surface area contributed by atoms with Crippen molar-refractivity contribution in [1.29, 1.82) is 0 Å². The first-order chi connectivity index (χ1) is 7.00. The molecule has 3 atom stereocenters. The van der Waals surface area contributed by atoms with Crippen LogP contribution in [0, 0.1) is 5.41 Å². The number of ether oxygens (including phenoxy) is 1. The van der Waals surface area contributed by atoms with E-state index in [1.807, 2.05) is 0 Å². The Morgan fingerprint density at radius 1 is 1.73 bits per heavy atom. The molecule has 0 saturated carbocycles. The predicted octanol–water partition coefficient (Wildman–Crippen LogP) is 1.25. The lowest BCUT2D eigenvalue weighted by atomic mass is 9.85. The van der Waals surface area contributed by atoms with E-state index in [0.29, 0.717) is 19.3 Å². The Bertz CT molecular complexity index is 232. The molecular formula is C11H21NO3. The second-order valence-electron chi connectivity index (χ2n) is 4.65. The van der Waals surface area contributed by atoms with E-state index in [-0.39, 0.29) is 6.04 Å². The molecule has 1 rings (SSSR count). The smallest absolute Gasteiger partial charge is 0.313 e. The Hall–Kier alpha value is -0.610. The van der Waals surface area contributed by atoms with E-state index in [1.54, 1.807) is 6.92 Å². The van der Waals surface area contributed by atoms with Crippen LogP contribution in [0.1, 0.15) is 33.6 Å². The third kappa shape index (κ3) is 2.69. The fourth-order valence-electron chi connectivity index (χ4n) is 1.98. The summed E-state index contributed by atoms with van der Waals surface area (Å²) in [5, 5.41) is 12.5. The summed E-state index contributed by atoms with van der Waals surface area (Å²) in [6.45, 7) is 6.76. The number of aliphatic carboxylic acids is 1. The molecular weight excluding hydrogens is 194 g/mol. The maximum Gasteiger partial charge on any atom is 0.313 e. The fourth-order valence-corrected chi connectivity index (χ4v) is 1.98. The standard InChI is InChI=1S/C11H21NO3/c1-4-5-8(2)12-9-6-15-7-11(9,3)10(13)14/h8-9,12H,4-7H2,1-3H3,(H,13,14). The molecule has 0 radical (unpaired) electrons. The van der Waals surface area contributed by atoms with Gasteiger partial charge in [-0.3, -0.25) is 4.79 Å². The topological polar surface area (TPSA) is 58.6 Å². The van der Waals surface area contributed by atoms with Crippen molar-refractivity contribution in [2.75, 3.05) is 13.2 Å². The van der Waals surface area contributed by atoms with E-state index in [9.17, 15) is 4.79 Å². The van der Waals surface area contributed by atoms with Gasteiger partial charge in [0.25, 0.3) is 0 Å². The summed E-state index contributed by atoms with van der Waals surface area (Å²) in [7, 11) is 0. The summed E-state index contributed by atoms with van der Waals surface area (Å²) >= 11 is 0. The number of carboxylic acids is 1. The Kier molecular flexibility index (Phi) is 4.11. The van der Waals surface area contributed by atoms with Gasteiger partial charge in [-0.2, -0.15) is 0 Å². The highest BCUT2D eigenvalue weighted by Crippen LogP contribution is 2.29. The van der Waals surface area contributed by atoms with Gasteiger partial charge in [-0.25, -0.2) is 0 Å². The average Bonchev–Trinajstić information content (AvgIpc) is 2.50. The molecule has 0 bridgehead atoms. The Balaban J connectivity index is 2.57.